The summed E-state index contributed by atoms with van der Waals surface area (Å²) in [5, 5.41) is 9.73. The molecule has 1 amide bonds. The van der Waals surface area contributed by atoms with Gasteiger partial charge in [-0.3, -0.25) is 4.79 Å². The minimum Gasteiger partial charge on any atom is -0.393 e. The zero-order chi connectivity index (χ0) is 13.0. The van der Waals surface area contributed by atoms with Crippen molar-refractivity contribution in [2.45, 2.75) is 64.4 Å². The average molecular weight is 253 g/mol. The molecule has 2 atom stereocenters. The number of hydrogen-bond donors (Lipinski definition) is 1. The quantitative estimate of drug-likeness (QED) is 0.780. The molecular formula is C15H27NO2. The van der Waals surface area contributed by atoms with Crippen molar-refractivity contribution in [3.8, 4) is 0 Å². The molecule has 0 aromatic carbocycles. The highest BCUT2D eigenvalue weighted by molar-refractivity contribution is 5.79. The third-order valence-corrected chi connectivity index (χ3v) is 4.63. The van der Waals surface area contributed by atoms with E-state index >= 15 is 0 Å². The number of rotatable bonds is 1. The maximum Gasteiger partial charge on any atom is 0.225 e. The van der Waals surface area contributed by atoms with Gasteiger partial charge in [0.15, 0.2) is 0 Å². The van der Waals surface area contributed by atoms with Gasteiger partial charge in [-0.05, 0) is 25.2 Å². The number of likely N-dealkylation sites (tertiary alicyclic amines) is 1. The van der Waals surface area contributed by atoms with Crippen LogP contribution < -0.4 is 0 Å². The van der Waals surface area contributed by atoms with E-state index < -0.39 is 0 Å². The first-order chi connectivity index (χ1) is 8.68. The summed E-state index contributed by atoms with van der Waals surface area (Å²) in [6.07, 6.45) is 9.03. The fraction of sp³-hybridized carbons (Fsp3) is 0.933. The van der Waals surface area contributed by atoms with Crippen LogP contribution in [0.3, 0.4) is 0 Å². The number of nitrogens with zero attached hydrogens (tertiary/aromatic N) is 1. The van der Waals surface area contributed by atoms with Crippen LogP contribution in [-0.2, 0) is 4.79 Å². The molecule has 1 saturated heterocycles. The molecule has 1 heterocycles. The lowest BCUT2D eigenvalue weighted by molar-refractivity contribution is -0.139. The van der Waals surface area contributed by atoms with E-state index in [4.69, 9.17) is 0 Å². The SMILES string of the molecule is CC1CN(C(=O)C2CCCCCCC2)CCC1O. The number of hydrogen-bond acceptors (Lipinski definition) is 2. The number of amides is 1. The van der Waals surface area contributed by atoms with Crippen molar-refractivity contribution < 1.29 is 9.90 Å². The highest BCUT2D eigenvalue weighted by atomic mass is 16.3. The topological polar surface area (TPSA) is 40.5 Å². The number of piperidine rings is 1. The molecule has 0 aromatic heterocycles. The van der Waals surface area contributed by atoms with E-state index in [1.807, 2.05) is 11.8 Å². The van der Waals surface area contributed by atoms with Crippen LogP contribution >= 0.6 is 0 Å². The maximum absolute atomic E-state index is 12.5. The molecule has 2 unspecified atom stereocenters. The van der Waals surface area contributed by atoms with Crippen LogP contribution in [0.2, 0.25) is 0 Å². The van der Waals surface area contributed by atoms with Crippen LogP contribution in [0.5, 0.6) is 0 Å². The molecule has 1 N–H and O–H groups in total. The van der Waals surface area contributed by atoms with Gasteiger partial charge in [-0.2, -0.15) is 0 Å². The maximum atomic E-state index is 12.5. The van der Waals surface area contributed by atoms with Gasteiger partial charge < -0.3 is 10.0 Å². The molecule has 1 aliphatic heterocycles. The Bertz CT molecular complexity index is 265. The van der Waals surface area contributed by atoms with E-state index in [1.54, 1.807) is 0 Å². The van der Waals surface area contributed by atoms with Crippen molar-refractivity contribution in [3.05, 3.63) is 0 Å². The molecule has 0 radical (unpaired) electrons. The Morgan fingerprint density at radius 3 is 2.28 bits per heavy atom. The lowest BCUT2D eigenvalue weighted by Gasteiger charge is -2.36. The average Bonchev–Trinajstić information content (AvgIpc) is 2.31. The molecule has 2 fully saturated rings. The van der Waals surface area contributed by atoms with E-state index in [-0.39, 0.29) is 17.9 Å². The summed E-state index contributed by atoms with van der Waals surface area (Å²) in [5.74, 6) is 0.847. The molecule has 1 aliphatic carbocycles. The van der Waals surface area contributed by atoms with Crippen molar-refractivity contribution in [2.75, 3.05) is 13.1 Å². The molecule has 3 nitrogen and oxygen atoms in total. The second-order valence-electron chi connectivity index (χ2n) is 6.16. The third-order valence-electron chi connectivity index (χ3n) is 4.63. The highest BCUT2D eigenvalue weighted by Gasteiger charge is 2.30. The molecule has 3 heteroatoms. The fourth-order valence-electron chi connectivity index (χ4n) is 3.29. The van der Waals surface area contributed by atoms with E-state index in [1.165, 1.54) is 32.1 Å². The summed E-state index contributed by atoms with van der Waals surface area (Å²) in [5.41, 5.74) is 0. The minimum absolute atomic E-state index is 0.216. The molecule has 2 aliphatic rings. The third kappa shape index (κ3) is 3.47. The Balaban J connectivity index is 1.88. The lowest BCUT2D eigenvalue weighted by atomic mass is 9.88. The molecule has 0 bridgehead atoms. The molecule has 0 aromatic rings. The summed E-state index contributed by atoms with van der Waals surface area (Å²) < 4.78 is 0. The van der Waals surface area contributed by atoms with Gasteiger partial charge in [0, 0.05) is 19.0 Å². The predicted octanol–water partition coefficient (Wildman–Crippen LogP) is 2.58. The molecule has 1 saturated carbocycles. The number of aliphatic hydroxyl groups excluding tert-OH is 1. The second-order valence-corrected chi connectivity index (χ2v) is 6.16. The van der Waals surface area contributed by atoms with E-state index in [0.717, 1.165) is 32.4 Å². The van der Waals surface area contributed by atoms with Gasteiger partial charge in [-0.25, -0.2) is 0 Å². The van der Waals surface area contributed by atoms with Gasteiger partial charge in [0.05, 0.1) is 6.10 Å². The van der Waals surface area contributed by atoms with Crippen molar-refractivity contribution >= 4 is 5.91 Å². The van der Waals surface area contributed by atoms with Gasteiger partial charge in [-0.1, -0.05) is 39.0 Å². The minimum atomic E-state index is -0.216. The first-order valence-electron chi connectivity index (χ1n) is 7.65. The highest BCUT2D eigenvalue weighted by Crippen LogP contribution is 2.26. The number of aliphatic hydroxyl groups is 1. The Morgan fingerprint density at radius 2 is 1.67 bits per heavy atom. The largest absolute Gasteiger partial charge is 0.393 e. The van der Waals surface area contributed by atoms with Crippen molar-refractivity contribution in [1.29, 1.82) is 0 Å². The van der Waals surface area contributed by atoms with E-state index in [0.29, 0.717) is 5.91 Å². The van der Waals surface area contributed by atoms with Crippen molar-refractivity contribution in [1.82, 2.24) is 4.90 Å². The first kappa shape index (κ1) is 13.9. The first-order valence-corrected chi connectivity index (χ1v) is 7.65. The fourth-order valence-corrected chi connectivity index (χ4v) is 3.29. The van der Waals surface area contributed by atoms with Gasteiger partial charge in [0.1, 0.15) is 0 Å². The van der Waals surface area contributed by atoms with Crippen LogP contribution in [-0.4, -0.2) is 35.1 Å². The van der Waals surface area contributed by atoms with Crippen LogP contribution in [0.25, 0.3) is 0 Å². The monoisotopic (exact) mass is 253 g/mol. The van der Waals surface area contributed by atoms with Gasteiger partial charge in [-0.15, -0.1) is 0 Å². The van der Waals surface area contributed by atoms with E-state index in [9.17, 15) is 9.90 Å². The number of carbonyl (C=O) groups excluding carboxylic acids is 1. The molecule has 18 heavy (non-hydrogen) atoms. The standard InChI is InChI=1S/C15H27NO2/c1-12-11-16(10-9-14(12)17)15(18)13-7-5-3-2-4-6-8-13/h12-14,17H,2-11H2,1H3. The Morgan fingerprint density at radius 1 is 1.06 bits per heavy atom. The predicted molar refractivity (Wildman–Crippen MR) is 72.2 cm³/mol. The van der Waals surface area contributed by atoms with Crippen LogP contribution in [0.4, 0.5) is 0 Å². The zero-order valence-electron chi connectivity index (χ0n) is 11.6. The molecular weight excluding hydrogens is 226 g/mol. The summed E-state index contributed by atoms with van der Waals surface area (Å²) in [6, 6.07) is 0. The molecule has 2 rings (SSSR count). The summed E-state index contributed by atoms with van der Waals surface area (Å²) >= 11 is 0. The summed E-state index contributed by atoms with van der Waals surface area (Å²) in [7, 11) is 0. The lowest BCUT2D eigenvalue weighted by Crippen LogP contribution is -2.47. The number of carbonyl (C=O) groups is 1. The van der Waals surface area contributed by atoms with Gasteiger partial charge >= 0.3 is 0 Å². The van der Waals surface area contributed by atoms with E-state index in [2.05, 4.69) is 0 Å². The molecule has 104 valence electrons. The Kier molecular flexibility index (Phi) is 5.04. The van der Waals surface area contributed by atoms with Crippen LogP contribution in [0.15, 0.2) is 0 Å². The Hall–Kier alpha value is -0.570. The summed E-state index contributed by atoms with van der Waals surface area (Å²) in [6.45, 7) is 3.54. The van der Waals surface area contributed by atoms with Crippen LogP contribution in [0.1, 0.15) is 58.3 Å². The van der Waals surface area contributed by atoms with Crippen molar-refractivity contribution in [3.63, 3.8) is 0 Å². The smallest absolute Gasteiger partial charge is 0.225 e. The van der Waals surface area contributed by atoms with Gasteiger partial charge in [0.2, 0.25) is 5.91 Å². The Labute approximate surface area is 111 Å². The second kappa shape index (κ2) is 6.55. The van der Waals surface area contributed by atoms with Crippen molar-refractivity contribution in [2.24, 2.45) is 11.8 Å². The van der Waals surface area contributed by atoms with Gasteiger partial charge in [0.25, 0.3) is 0 Å². The summed E-state index contributed by atoms with van der Waals surface area (Å²) in [4.78, 5) is 14.5. The molecule has 0 spiro atoms. The zero-order valence-corrected chi connectivity index (χ0v) is 11.6. The normalized spacial score (nSPS) is 31.8. The van der Waals surface area contributed by atoms with Crippen LogP contribution in [0, 0.1) is 11.8 Å².